The highest BCUT2D eigenvalue weighted by Gasteiger charge is 2.30. The van der Waals surface area contributed by atoms with E-state index in [0.717, 1.165) is 173 Å². The maximum absolute atomic E-state index is 13.1. The number of ether oxygens (including phenoxy) is 3. The third-order valence-electron chi connectivity index (χ3n) is 21.8. The van der Waals surface area contributed by atoms with Crippen LogP contribution in [0, 0.1) is 0 Å². The third kappa shape index (κ3) is 103. The van der Waals surface area contributed by atoms with E-state index in [0.29, 0.717) is 19.3 Å². The zero-order valence-electron chi connectivity index (χ0n) is 81.8. The quantitative estimate of drug-likeness (QED) is 0.0146. The summed E-state index contributed by atoms with van der Waals surface area (Å²) in [4.78, 5) is 59.2. The number of carbonyl (C=O) groups is 3. The molecule has 0 heterocycles. The van der Waals surface area contributed by atoms with Crippen molar-refractivity contribution >= 4 is 33.6 Å². The summed E-state index contributed by atoms with van der Waals surface area (Å²) in [7, 11) is -9.82. The lowest BCUT2D eigenvalue weighted by atomic mass is 10.0. The van der Waals surface area contributed by atoms with Crippen molar-refractivity contribution < 1.29 is 75.8 Å². The zero-order chi connectivity index (χ0) is 93.5. The Labute approximate surface area is 788 Å². The van der Waals surface area contributed by atoms with Gasteiger partial charge in [-0.1, -0.05) is 446 Å². The van der Waals surface area contributed by atoms with Crippen molar-refractivity contribution in [3.63, 3.8) is 0 Å². The molecule has 0 fully saturated rings. The molecule has 16 nitrogen and oxygen atoms in total. The molecule has 0 aliphatic carbocycles. The first-order valence-electron chi connectivity index (χ1n) is 51.7. The molecule has 0 aromatic rings. The normalized spacial score (nSPS) is 14.4. The largest absolute Gasteiger partial charge is 0.472 e. The van der Waals surface area contributed by atoms with Gasteiger partial charge in [0.1, 0.15) is 25.4 Å². The molecular weight excluding hydrogens is 1650 g/mol. The molecule has 0 saturated carbocycles. The number of carbonyl (C=O) groups excluding carboxylic acids is 3. The van der Waals surface area contributed by atoms with Crippen LogP contribution in [-0.4, -0.2) is 95.9 Å². The number of aliphatic hydroxyl groups is 2. The van der Waals surface area contributed by atoms with Crippen LogP contribution in [0.25, 0.3) is 0 Å². The summed E-state index contributed by atoms with van der Waals surface area (Å²) < 4.78 is 61.7. The molecule has 738 valence electrons. The van der Waals surface area contributed by atoms with Crippen molar-refractivity contribution in [2.75, 3.05) is 39.6 Å². The number of phosphoric ester groups is 2. The molecule has 4 N–H and O–H groups in total. The van der Waals surface area contributed by atoms with E-state index >= 15 is 0 Å². The molecule has 5 atom stereocenters. The van der Waals surface area contributed by atoms with Gasteiger partial charge in [0, 0.05) is 19.3 Å². The number of phosphoric acid groups is 2. The van der Waals surface area contributed by atoms with E-state index in [1.54, 1.807) is 0 Å². The van der Waals surface area contributed by atoms with Crippen molar-refractivity contribution in [2.24, 2.45) is 0 Å². The van der Waals surface area contributed by atoms with Crippen LogP contribution in [0.1, 0.15) is 432 Å². The fraction of sp³-hybridized carbons (Fsp3) is 0.685. The van der Waals surface area contributed by atoms with E-state index in [9.17, 15) is 43.5 Å². The number of hydrogen-bond donors (Lipinski definition) is 4. The highest BCUT2D eigenvalue weighted by Crippen LogP contribution is 2.45. The number of hydrogen-bond acceptors (Lipinski definition) is 14. The molecule has 0 amide bonds. The molecule has 0 aliphatic rings. The second kappa shape index (κ2) is 101. The minimum absolute atomic E-state index is 0.0968. The van der Waals surface area contributed by atoms with Gasteiger partial charge in [-0.2, -0.15) is 0 Å². The monoisotopic (exact) mass is 1840 g/mol. The van der Waals surface area contributed by atoms with Gasteiger partial charge in [-0.15, -0.1) is 0 Å². The maximum atomic E-state index is 13.1. The van der Waals surface area contributed by atoms with Gasteiger partial charge >= 0.3 is 33.6 Å². The highest BCUT2D eigenvalue weighted by molar-refractivity contribution is 7.47. The minimum atomic E-state index is -4.95. The van der Waals surface area contributed by atoms with E-state index in [-0.39, 0.29) is 19.3 Å². The summed E-state index contributed by atoms with van der Waals surface area (Å²) in [6.07, 6.45) is 136. The Balaban J connectivity index is 4.59. The molecule has 129 heavy (non-hydrogen) atoms. The molecule has 0 aromatic heterocycles. The highest BCUT2D eigenvalue weighted by atomic mass is 31.2. The van der Waals surface area contributed by atoms with Crippen molar-refractivity contribution in [3.05, 3.63) is 194 Å². The van der Waals surface area contributed by atoms with Gasteiger partial charge in [0.25, 0.3) is 0 Å². The van der Waals surface area contributed by atoms with Crippen LogP contribution in [0.3, 0.4) is 0 Å². The Morgan fingerprint density at radius 2 is 0.388 bits per heavy atom. The van der Waals surface area contributed by atoms with Crippen molar-refractivity contribution in [1.29, 1.82) is 0 Å². The maximum Gasteiger partial charge on any atom is 0.472 e. The molecule has 5 unspecified atom stereocenters. The third-order valence-corrected chi connectivity index (χ3v) is 23.7. The lowest BCUT2D eigenvalue weighted by Gasteiger charge is -2.21. The van der Waals surface area contributed by atoms with Crippen molar-refractivity contribution in [2.45, 2.75) is 450 Å². The predicted octanol–water partition coefficient (Wildman–Crippen LogP) is 32.9. The Kier molecular flexibility index (Phi) is 97.0. The van der Waals surface area contributed by atoms with Crippen LogP contribution >= 0.6 is 15.6 Å². The first kappa shape index (κ1) is 123. The average Bonchev–Trinajstić information content (AvgIpc) is 0.899. The fourth-order valence-electron chi connectivity index (χ4n) is 14.1. The molecule has 0 bridgehead atoms. The van der Waals surface area contributed by atoms with E-state index in [1.165, 1.54) is 199 Å². The van der Waals surface area contributed by atoms with Gasteiger partial charge in [0.2, 0.25) is 0 Å². The number of esters is 3. The number of unbranched alkanes of at least 4 members (excludes halogenated alkanes) is 42. The Morgan fingerprint density at radius 3 is 0.612 bits per heavy atom. The van der Waals surface area contributed by atoms with Gasteiger partial charge in [-0.25, -0.2) is 9.13 Å². The standard InChI is InChI=1S/C111H188O16P2/c1-4-7-10-13-16-19-22-25-28-31-34-37-40-43-46-48-50-51-52-53-55-57-59-61-64-67-70-73-76-79-82-85-88-91-94-97-109(114)121-100-106(112)101-123-128(117,118)124-102-107(113)103-125-129(119,120)126-105-108(127-111(116)99-96-93-90-87-84-81-78-75-72-69-66-63-58-45-42-39-36-33-30-27-24-21-18-15-12-9-6-3)104-122-110(115)98-95-92-89-86-83-80-77-74-71-68-65-62-60-56-54-49-47-44-41-38-35-32-29-26-23-20-17-14-11-8-5-2/h7-12,16-21,25-30,34-39,43-47,50-51,58,106-108,112-113H,4-6,13-15,22-24,31-33,40-42,48-49,52-57,59-105H2,1-3H3,(H,117,118)(H,119,120)/b10-7-,11-8-,12-9-,19-16-,20-17-,21-18-,28-25-,29-26-,30-27-,37-34-,38-35-,39-36-,46-43-,47-44-,51-50-,58-45-. The van der Waals surface area contributed by atoms with Gasteiger partial charge in [0.05, 0.1) is 26.4 Å². The summed E-state index contributed by atoms with van der Waals surface area (Å²) in [5.41, 5.74) is 0. The lowest BCUT2D eigenvalue weighted by Crippen LogP contribution is -2.30. The van der Waals surface area contributed by atoms with Gasteiger partial charge < -0.3 is 34.2 Å². The molecule has 0 aromatic carbocycles. The first-order valence-corrected chi connectivity index (χ1v) is 54.7. The zero-order valence-corrected chi connectivity index (χ0v) is 83.6. The second-order valence-electron chi connectivity index (χ2n) is 34.2. The van der Waals surface area contributed by atoms with Crippen LogP contribution in [0.15, 0.2) is 194 Å². The molecule has 18 heteroatoms. The minimum Gasteiger partial charge on any atom is -0.463 e. The van der Waals surface area contributed by atoms with E-state index in [1.807, 2.05) is 0 Å². The Bertz CT molecular complexity index is 3130. The molecule has 0 radical (unpaired) electrons. The summed E-state index contributed by atoms with van der Waals surface area (Å²) in [6, 6.07) is 0. The number of allylic oxidation sites excluding steroid dienone is 32. The van der Waals surface area contributed by atoms with E-state index in [4.69, 9.17) is 32.3 Å². The van der Waals surface area contributed by atoms with E-state index in [2.05, 4.69) is 215 Å². The van der Waals surface area contributed by atoms with Crippen LogP contribution in [0.2, 0.25) is 0 Å². The first-order chi connectivity index (χ1) is 63.2. The van der Waals surface area contributed by atoms with Crippen molar-refractivity contribution in [3.8, 4) is 0 Å². The SMILES string of the molecule is CC/C=C\C/C=C\C/C=C\C/C=C\C/C=C\C/C=C\CCCCCCCCCCCCCCCCCCC(=O)OCC(O)COP(=O)(O)OCC(O)COP(=O)(O)OCC(COC(=O)CCCCCCCCCCCCCCCCC/C=C\C/C=C\C/C=C\C/C=C\C/C=C\CC)OC(=O)CCCCCCCCCCCCC/C=C\C/C=C\C/C=C\C/C=C\C/C=C\CC. The summed E-state index contributed by atoms with van der Waals surface area (Å²) in [5, 5.41) is 20.8. The van der Waals surface area contributed by atoms with Crippen LogP contribution in [0.5, 0.6) is 0 Å². The van der Waals surface area contributed by atoms with Crippen molar-refractivity contribution in [1.82, 2.24) is 0 Å². The van der Waals surface area contributed by atoms with Gasteiger partial charge in [-0.3, -0.25) is 32.5 Å². The topological polar surface area (TPSA) is 231 Å². The smallest absolute Gasteiger partial charge is 0.463 e. The Morgan fingerprint density at radius 1 is 0.217 bits per heavy atom. The Hall–Kier alpha value is -5.61. The molecule has 0 spiro atoms. The lowest BCUT2D eigenvalue weighted by molar-refractivity contribution is -0.161. The predicted molar refractivity (Wildman–Crippen MR) is 546 cm³/mol. The molecule has 0 saturated heterocycles. The number of aliphatic hydroxyl groups excluding tert-OH is 2. The molecular formula is C111H188O16P2. The van der Waals surface area contributed by atoms with E-state index < -0.39 is 91.5 Å². The van der Waals surface area contributed by atoms with Crippen LogP contribution in [-0.2, 0) is 55.8 Å². The van der Waals surface area contributed by atoms with Gasteiger partial charge in [0.15, 0.2) is 6.10 Å². The van der Waals surface area contributed by atoms with Crippen LogP contribution < -0.4 is 0 Å². The van der Waals surface area contributed by atoms with Crippen LogP contribution in [0.4, 0.5) is 0 Å². The fourth-order valence-corrected chi connectivity index (χ4v) is 15.7. The van der Waals surface area contributed by atoms with Gasteiger partial charge in [-0.05, 0) is 161 Å². The summed E-state index contributed by atoms with van der Waals surface area (Å²) >= 11 is 0. The number of rotatable bonds is 97. The molecule has 0 aliphatic heterocycles. The summed E-state index contributed by atoms with van der Waals surface area (Å²) in [5.74, 6) is -1.56. The average molecular weight is 1840 g/mol. The molecule has 0 rings (SSSR count). The summed E-state index contributed by atoms with van der Waals surface area (Å²) in [6.45, 7) is 2.41. The second-order valence-corrected chi connectivity index (χ2v) is 37.1.